The van der Waals surface area contributed by atoms with Crippen LogP contribution in [0.1, 0.15) is 6.42 Å². The zero-order chi connectivity index (χ0) is 38.3. The summed E-state index contributed by atoms with van der Waals surface area (Å²) in [5, 5.41) is 0. The Morgan fingerprint density at radius 2 is 0.617 bits per heavy atom. The van der Waals surface area contributed by atoms with Gasteiger partial charge in [0, 0.05) is 6.42 Å². The van der Waals surface area contributed by atoms with Crippen molar-refractivity contribution in [1.82, 2.24) is 0 Å². The van der Waals surface area contributed by atoms with E-state index in [1.807, 2.05) is 0 Å². The van der Waals surface area contributed by atoms with Gasteiger partial charge in [-0.15, -0.1) is 0 Å². The Morgan fingerprint density at radius 1 is 0.383 bits per heavy atom. The van der Waals surface area contributed by atoms with Crippen LogP contribution in [-0.2, 0) is 9.47 Å². The van der Waals surface area contributed by atoms with Crippen LogP contribution in [0.5, 0.6) is 0 Å². The maximum atomic E-state index is 13.8. The van der Waals surface area contributed by atoms with Gasteiger partial charge in [-0.2, -0.15) is 119 Å². The molecule has 1 heterocycles. The summed E-state index contributed by atoms with van der Waals surface area (Å²) in [7, 11) is 0. The van der Waals surface area contributed by atoms with Gasteiger partial charge in [-0.25, -0.2) is 0 Å². The molecule has 29 heteroatoms. The van der Waals surface area contributed by atoms with E-state index in [0.717, 1.165) is 0 Å². The minimum Gasteiger partial charge on any atom is -0.378 e. The zero-order valence-electron chi connectivity index (χ0n) is 20.9. The Morgan fingerprint density at radius 3 is 0.851 bits per heavy atom. The van der Waals surface area contributed by atoms with Crippen LogP contribution in [0.25, 0.3) is 0 Å². The average Bonchev–Trinajstić information content (AvgIpc) is 3.69. The number of halogens is 27. The Balaban J connectivity index is 3.73. The molecule has 1 rings (SSSR count). The van der Waals surface area contributed by atoms with Gasteiger partial charge in [0.05, 0.1) is 19.8 Å². The third-order valence-corrected chi connectivity index (χ3v) is 6.03. The van der Waals surface area contributed by atoms with E-state index >= 15 is 0 Å². The molecule has 282 valence electrons. The lowest BCUT2D eigenvalue weighted by molar-refractivity contribution is -0.485. The molecule has 0 amide bonds. The maximum absolute atomic E-state index is 13.8. The molecule has 0 spiro atoms. The lowest BCUT2D eigenvalue weighted by Crippen LogP contribution is -2.78. The van der Waals surface area contributed by atoms with Gasteiger partial charge >= 0.3 is 77.2 Å². The van der Waals surface area contributed by atoms with Crippen molar-refractivity contribution in [2.24, 2.45) is 0 Å². The van der Waals surface area contributed by atoms with Gasteiger partial charge in [-0.3, -0.25) is 0 Å². The molecule has 0 radical (unpaired) electrons. The van der Waals surface area contributed by atoms with Gasteiger partial charge in [0.15, 0.2) is 0 Å². The summed E-state index contributed by atoms with van der Waals surface area (Å²) in [4.78, 5) is 0. The van der Waals surface area contributed by atoms with Crippen molar-refractivity contribution in [1.29, 1.82) is 0 Å². The van der Waals surface area contributed by atoms with Crippen LogP contribution >= 0.6 is 0 Å². The van der Waals surface area contributed by atoms with E-state index in [-0.39, 0.29) is 6.61 Å². The lowest BCUT2D eigenvalue weighted by atomic mass is 9.83. The second kappa shape index (κ2) is 11.3. The normalized spacial score (nSPS) is 19.3. The summed E-state index contributed by atoms with van der Waals surface area (Å²) in [6.45, 7) is -2.90. The SMILES string of the molecule is FC(F)(F)C(F)(F)C(F)(F)C(F)(F)C(F)(F)C(F)(F)C(F)(F)C(F)(F)C(F)(F)C(F)(F)C(F)(F)C(F)(F)C(F)(F)CCOCC1CO1. The number of ether oxygens (including phenoxy) is 2. The van der Waals surface area contributed by atoms with E-state index in [1.54, 1.807) is 0 Å². The molecule has 0 bridgehead atoms. The minimum atomic E-state index is -9.77. The van der Waals surface area contributed by atoms with Crippen LogP contribution in [0.4, 0.5) is 119 Å². The summed E-state index contributed by atoms with van der Waals surface area (Å²) in [5.41, 5.74) is 0. The molecular formula is C18H9F27O2. The van der Waals surface area contributed by atoms with Crippen molar-refractivity contribution < 1.29 is 128 Å². The summed E-state index contributed by atoms with van der Waals surface area (Å²) in [6, 6.07) is 0. The molecule has 0 aromatic rings. The summed E-state index contributed by atoms with van der Waals surface area (Å²) in [6.07, 6.45) is -12.1. The Bertz CT molecular complexity index is 1120. The third kappa shape index (κ3) is 5.68. The maximum Gasteiger partial charge on any atom is 0.460 e. The van der Waals surface area contributed by atoms with Gasteiger partial charge < -0.3 is 9.47 Å². The number of alkyl halides is 27. The van der Waals surface area contributed by atoms with Crippen LogP contribution in [-0.4, -0.2) is 103 Å². The quantitative estimate of drug-likeness (QED) is 0.0889. The Hall–Kier alpha value is -1.97. The predicted octanol–water partition coefficient (Wildman–Crippen LogP) is 8.98. The van der Waals surface area contributed by atoms with Crippen LogP contribution in [0, 0.1) is 0 Å². The number of hydrogen-bond donors (Lipinski definition) is 0. The molecule has 1 aliphatic rings. The lowest BCUT2D eigenvalue weighted by Gasteiger charge is -2.46. The monoisotopic (exact) mass is 770 g/mol. The fourth-order valence-electron chi connectivity index (χ4n) is 2.92. The molecule has 0 aromatic heterocycles. The van der Waals surface area contributed by atoms with Crippen molar-refractivity contribution in [2.45, 2.75) is 89.8 Å². The van der Waals surface area contributed by atoms with E-state index < -0.39 is 103 Å². The molecule has 0 N–H and O–H groups in total. The first-order chi connectivity index (χ1) is 20.1. The van der Waals surface area contributed by atoms with Crippen molar-refractivity contribution in [3.63, 3.8) is 0 Å². The minimum absolute atomic E-state index is 0.171. The topological polar surface area (TPSA) is 21.8 Å². The first kappa shape index (κ1) is 43.1. The molecule has 47 heavy (non-hydrogen) atoms. The van der Waals surface area contributed by atoms with E-state index in [1.165, 1.54) is 0 Å². The van der Waals surface area contributed by atoms with E-state index in [9.17, 15) is 119 Å². The van der Waals surface area contributed by atoms with Crippen LogP contribution < -0.4 is 0 Å². The number of rotatable bonds is 16. The van der Waals surface area contributed by atoms with Crippen LogP contribution in [0.15, 0.2) is 0 Å². The molecule has 1 atom stereocenters. The molecule has 2 nitrogen and oxygen atoms in total. The second-order valence-electron chi connectivity index (χ2n) is 9.30. The summed E-state index contributed by atoms with van der Waals surface area (Å²) < 4.78 is 371. The fraction of sp³-hybridized carbons (Fsp3) is 1.00. The zero-order valence-corrected chi connectivity index (χ0v) is 20.9. The fourth-order valence-corrected chi connectivity index (χ4v) is 2.92. The molecule has 1 saturated heterocycles. The summed E-state index contributed by atoms with van der Waals surface area (Å²) >= 11 is 0. The van der Waals surface area contributed by atoms with Gasteiger partial charge in [0.2, 0.25) is 0 Å². The smallest absolute Gasteiger partial charge is 0.378 e. The summed E-state index contributed by atoms with van der Waals surface area (Å²) in [5.74, 6) is -109. The van der Waals surface area contributed by atoms with Gasteiger partial charge in [-0.1, -0.05) is 0 Å². The van der Waals surface area contributed by atoms with Crippen molar-refractivity contribution >= 4 is 0 Å². The van der Waals surface area contributed by atoms with Crippen molar-refractivity contribution in [2.75, 3.05) is 19.8 Å². The average molecular weight is 770 g/mol. The molecule has 1 unspecified atom stereocenters. The first-order valence-electron chi connectivity index (χ1n) is 10.9. The van der Waals surface area contributed by atoms with E-state index in [2.05, 4.69) is 9.47 Å². The standard InChI is InChI=1S/C18H9F27O2/c19-6(20,1-2-46-3-5-4-47-5)7(21,22)8(23,24)9(25,26)10(27,28)11(29,30)12(31,32)13(33,34)14(35,36)15(37,38)16(39,40)17(41,42)18(43,44)45/h5H,1-4H2. The number of epoxide rings is 1. The molecule has 0 saturated carbocycles. The number of hydrogen-bond acceptors (Lipinski definition) is 2. The van der Waals surface area contributed by atoms with E-state index in [0.29, 0.717) is 0 Å². The van der Waals surface area contributed by atoms with Crippen LogP contribution in [0.3, 0.4) is 0 Å². The highest BCUT2D eigenvalue weighted by atomic mass is 19.4. The van der Waals surface area contributed by atoms with Crippen molar-refractivity contribution in [3.05, 3.63) is 0 Å². The molecule has 1 aliphatic heterocycles. The molecule has 1 fully saturated rings. The first-order valence-corrected chi connectivity index (χ1v) is 10.9. The van der Waals surface area contributed by atoms with Gasteiger partial charge in [0.1, 0.15) is 6.10 Å². The van der Waals surface area contributed by atoms with Gasteiger partial charge in [-0.05, 0) is 0 Å². The van der Waals surface area contributed by atoms with Crippen LogP contribution in [0.2, 0.25) is 0 Å². The molecule has 0 aromatic carbocycles. The Kier molecular flexibility index (Phi) is 10.3. The van der Waals surface area contributed by atoms with Gasteiger partial charge in [0.25, 0.3) is 0 Å². The highest BCUT2D eigenvalue weighted by Gasteiger charge is 3.00. The third-order valence-electron chi connectivity index (χ3n) is 6.03. The van der Waals surface area contributed by atoms with Crippen molar-refractivity contribution in [3.8, 4) is 0 Å². The predicted molar refractivity (Wildman–Crippen MR) is 90.6 cm³/mol. The second-order valence-corrected chi connectivity index (χ2v) is 9.30. The van der Waals surface area contributed by atoms with E-state index in [4.69, 9.17) is 0 Å². The highest BCUT2D eigenvalue weighted by molar-refractivity contribution is 5.20. The largest absolute Gasteiger partial charge is 0.460 e. The Labute approximate surface area is 239 Å². The molecular weight excluding hydrogens is 761 g/mol. The highest BCUT2D eigenvalue weighted by Crippen LogP contribution is 2.68. The molecule has 0 aliphatic carbocycles.